The number of aliphatic carboxylic acids is 1. The minimum atomic E-state index is -1.22. The lowest BCUT2D eigenvalue weighted by molar-refractivity contribution is -0.157. The molecule has 0 aliphatic carbocycles. The molecule has 1 aliphatic heterocycles. The van der Waals surface area contributed by atoms with E-state index < -0.39 is 48.0 Å². The normalized spacial score (nSPS) is 17.0. The topological polar surface area (TPSA) is 193 Å². The van der Waals surface area contributed by atoms with Gasteiger partial charge in [-0.3, -0.25) is 34.0 Å². The molecule has 1 saturated heterocycles. The number of H-pyrrole nitrogens is 1. The summed E-state index contributed by atoms with van der Waals surface area (Å²) >= 11 is 0. The number of carbonyl (C=O) groups is 3. The Morgan fingerprint density at radius 2 is 1.56 bits per heavy atom. The number of carboxylic acid groups (broad SMARTS) is 1. The number of anilines is 1. The van der Waals surface area contributed by atoms with Gasteiger partial charge in [0.1, 0.15) is 35.5 Å². The molecule has 15 heteroatoms. The first kappa shape index (κ1) is 37.7. The quantitative estimate of drug-likeness (QED) is 0.0983. The SMILES string of the molecule is COc1ccc(C(OC[C@@H]2O[C@H](n3cnc4c(=O)[nH]c(NC(=O)C(C)C)nc43)C[C@H]2OC(=O)CCC(=O)O)(c2ccccc2)c2ccc(OC)cc2)cc1. The lowest BCUT2D eigenvalue weighted by Crippen LogP contribution is -2.39. The predicted molar refractivity (Wildman–Crippen MR) is 195 cm³/mol. The highest BCUT2D eigenvalue weighted by molar-refractivity contribution is 5.91. The second-order valence-electron chi connectivity index (χ2n) is 13.0. The number of fused-ring (bicyclic) bond motifs is 1. The third-order valence-electron chi connectivity index (χ3n) is 9.15. The molecular weight excluding hydrogens is 698 g/mol. The molecule has 0 unspecified atom stereocenters. The number of esters is 1. The van der Waals surface area contributed by atoms with Crippen LogP contribution in [0.15, 0.2) is 90.0 Å². The van der Waals surface area contributed by atoms with Gasteiger partial charge in [0, 0.05) is 12.3 Å². The Balaban J connectivity index is 1.39. The Kier molecular flexibility index (Phi) is 11.4. The van der Waals surface area contributed by atoms with Crippen LogP contribution >= 0.6 is 0 Å². The monoisotopic (exact) mass is 739 g/mol. The van der Waals surface area contributed by atoms with Crippen molar-refractivity contribution in [2.24, 2.45) is 5.92 Å². The molecule has 0 saturated carbocycles. The maximum Gasteiger partial charge on any atom is 0.306 e. The molecule has 1 amide bonds. The molecule has 5 aromatic rings. The van der Waals surface area contributed by atoms with Crippen molar-refractivity contribution in [1.29, 1.82) is 0 Å². The van der Waals surface area contributed by atoms with Gasteiger partial charge in [-0.2, -0.15) is 4.98 Å². The smallest absolute Gasteiger partial charge is 0.306 e. The number of methoxy groups -OCH3 is 2. The van der Waals surface area contributed by atoms with Gasteiger partial charge in [0.25, 0.3) is 5.56 Å². The van der Waals surface area contributed by atoms with E-state index in [2.05, 4.69) is 20.3 Å². The van der Waals surface area contributed by atoms with Crippen LogP contribution < -0.4 is 20.3 Å². The molecule has 282 valence electrons. The summed E-state index contributed by atoms with van der Waals surface area (Å²) in [6.45, 7) is 3.30. The van der Waals surface area contributed by atoms with Gasteiger partial charge in [-0.1, -0.05) is 68.4 Å². The highest BCUT2D eigenvalue weighted by Crippen LogP contribution is 2.43. The lowest BCUT2D eigenvalue weighted by Gasteiger charge is -2.37. The number of carbonyl (C=O) groups excluding carboxylic acids is 2. The molecule has 54 heavy (non-hydrogen) atoms. The first-order valence-electron chi connectivity index (χ1n) is 17.3. The van der Waals surface area contributed by atoms with Gasteiger partial charge in [0.2, 0.25) is 11.9 Å². The highest BCUT2D eigenvalue weighted by Gasteiger charge is 2.44. The molecule has 0 spiro atoms. The molecule has 3 aromatic carbocycles. The first-order chi connectivity index (χ1) is 26.0. The van der Waals surface area contributed by atoms with Crippen LogP contribution in [0.1, 0.15) is 56.0 Å². The summed E-state index contributed by atoms with van der Waals surface area (Å²) in [5, 5.41) is 11.8. The van der Waals surface area contributed by atoms with Gasteiger partial charge < -0.3 is 28.8 Å². The maximum absolute atomic E-state index is 13.0. The van der Waals surface area contributed by atoms with Crippen molar-refractivity contribution >= 4 is 35.0 Å². The van der Waals surface area contributed by atoms with E-state index in [0.29, 0.717) is 11.5 Å². The van der Waals surface area contributed by atoms with Crippen molar-refractivity contribution in [3.05, 3.63) is 112 Å². The number of benzene rings is 3. The summed E-state index contributed by atoms with van der Waals surface area (Å²) in [5.74, 6) is -1.34. The number of rotatable bonds is 15. The van der Waals surface area contributed by atoms with Crippen LogP contribution in [0.5, 0.6) is 11.5 Å². The predicted octanol–water partition coefficient (Wildman–Crippen LogP) is 4.80. The van der Waals surface area contributed by atoms with Crippen LogP contribution in [0.25, 0.3) is 11.2 Å². The molecule has 0 radical (unpaired) electrons. The van der Waals surface area contributed by atoms with E-state index >= 15 is 0 Å². The molecule has 3 N–H and O–H groups in total. The van der Waals surface area contributed by atoms with Crippen LogP contribution in [0, 0.1) is 5.92 Å². The molecule has 3 heterocycles. The summed E-state index contributed by atoms with van der Waals surface area (Å²) < 4.78 is 31.9. The van der Waals surface area contributed by atoms with Gasteiger partial charge in [-0.15, -0.1) is 0 Å². The van der Waals surface area contributed by atoms with E-state index in [0.717, 1.165) is 16.7 Å². The van der Waals surface area contributed by atoms with Crippen LogP contribution in [0.2, 0.25) is 0 Å². The van der Waals surface area contributed by atoms with E-state index in [4.69, 9.17) is 23.7 Å². The Bertz CT molecular complexity index is 2100. The van der Waals surface area contributed by atoms with E-state index in [1.54, 1.807) is 28.1 Å². The number of nitrogens with one attached hydrogen (secondary N) is 2. The van der Waals surface area contributed by atoms with E-state index in [1.165, 1.54) is 10.9 Å². The van der Waals surface area contributed by atoms with Gasteiger partial charge in [-0.05, 0) is 41.0 Å². The average molecular weight is 740 g/mol. The fourth-order valence-electron chi connectivity index (χ4n) is 6.32. The van der Waals surface area contributed by atoms with Crippen molar-refractivity contribution in [2.45, 2.75) is 57.1 Å². The summed E-state index contributed by atoms with van der Waals surface area (Å²) in [5.41, 5.74) is 0.685. The molecule has 2 aromatic heterocycles. The molecule has 0 bridgehead atoms. The minimum Gasteiger partial charge on any atom is -0.497 e. The molecule has 6 rings (SSSR count). The summed E-state index contributed by atoms with van der Waals surface area (Å²) in [7, 11) is 3.17. The number of ether oxygens (including phenoxy) is 5. The summed E-state index contributed by atoms with van der Waals surface area (Å²) in [6.07, 6.45) is -1.92. The number of amides is 1. The van der Waals surface area contributed by atoms with Crippen LogP contribution in [-0.2, 0) is 34.2 Å². The number of nitrogens with zero attached hydrogens (tertiary/aromatic N) is 3. The van der Waals surface area contributed by atoms with Crippen LogP contribution in [0.3, 0.4) is 0 Å². The van der Waals surface area contributed by atoms with Crippen molar-refractivity contribution in [3.8, 4) is 11.5 Å². The summed E-state index contributed by atoms with van der Waals surface area (Å²) in [4.78, 5) is 60.8. The largest absolute Gasteiger partial charge is 0.497 e. The Morgan fingerprint density at radius 1 is 0.944 bits per heavy atom. The molecule has 3 atom stereocenters. The van der Waals surface area contributed by atoms with Crippen LogP contribution in [0.4, 0.5) is 5.95 Å². The third-order valence-corrected chi connectivity index (χ3v) is 9.15. The Hall–Kier alpha value is -6.06. The number of carboxylic acids is 1. The molecule has 1 aliphatic rings. The fraction of sp³-hybridized carbons (Fsp3) is 0.333. The van der Waals surface area contributed by atoms with Crippen LogP contribution in [-0.4, -0.2) is 75.5 Å². The van der Waals surface area contributed by atoms with Gasteiger partial charge in [0.05, 0.1) is 40.0 Å². The van der Waals surface area contributed by atoms with Crippen molar-refractivity contribution in [2.75, 3.05) is 26.1 Å². The molecule has 15 nitrogen and oxygen atoms in total. The molecular formula is C39H41N5O10. The average Bonchev–Trinajstić information content (AvgIpc) is 3.79. The second kappa shape index (κ2) is 16.3. The van der Waals surface area contributed by atoms with E-state index in [9.17, 15) is 24.3 Å². The zero-order chi connectivity index (χ0) is 38.4. The van der Waals surface area contributed by atoms with Gasteiger partial charge >= 0.3 is 11.9 Å². The van der Waals surface area contributed by atoms with E-state index in [1.807, 2.05) is 78.9 Å². The first-order valence-corrected chi connectivity index (χ1v) is 17.3. The zero-order valence-electron chi connectivity index (χ0n) is 30.2. The van der Waals surface area contributed by atoms with E-state index in [-0.39, 0.29) is 48.4 Å². The zero-order valence-corrected chi connectivity index (χ0v) is 30.2. The fourth-order valence-corrected chi connectivity index (χ4v) is 6.32. The number of hydrogen-bond acceptors (Lipinski definition) is 11. The Morgan fingerprint density at radius 3 is 2.13 bits per heavy atom. The number of imidazole rings is 1. The van der Waals surface area contributed by atoms with Gasteiger partial charge in [0.15, 0.2) is 11.2 Å². The standard InChI is InChI=1S/C39H41N5O10/c1-23(2)36(48)42-38-41-35-34(37(49)43-38)40-22-44(35)31-20-29(54-33(47)19-18-32(45)46)30(53-31)21-52-39(24-8-6-5-7-9-24,25-10-14-27(50-3)15-11-25)26-12-16-28(51-4)17-13-26/h5-17,22-23,29-31H,18-21H2,1-4H3,(H,45,46)(H2,41,42,43,48,49)/t29-,30+,31+/m1/s1. The van der Waals surface area contributed by atoms with Crippen molar-refractivity contribution < 1.29 is 43.2 Å². The third kappa shape index (κ3) is 7.96. The summed E-state index contributed by atoms with van der Waals surface area (Å²) in [6, 6.07) is 24.6. The highest BCUT2D eigenvalue weighted by atomic mass is 16.6. The number of hydrogen-bond donors (Lipinski definition) is 3. The number of aromatic nitrogens is 4. The Labute approximate surface area is 310 Å². The second-order valence-corrected chi connectivity index (χ2v) is 13.0. The van der Waals surface area contributed by atoms with Gasteiger partial charge in [-0.25, -0.2) is 4.98 Å². The number of aromatic amines is 1. The molecule has 1 fully saturated rings. The minimum absolute atomic E-state index is 0.0120. The van der Waals surface area contributed by atoms with Crippen molar-refractivity contribution in [1.82, 2.24) is 19.5 Å². The maximum atomic E-state index is 13.0. The van der Waals surface area contributed by atoms with Crippen molar-refractivity contribution in [3.63, 3.8) is 0 Å². The lowest BCUT2D eigenvalue weighted by atomic mass is 9.80.